The molecule has 1 aliphatic rings. The van der Waals surface area contributed by atoms with Crippen molar-refractivity contribution in [2.45, 2.75) is 46.6 Å². The van der Waals surface area contributed by atoms with Crippen LogP contribution in [-0.2, 0) is 9.59 Å². The van der Waals surface area contributed by atoms with Crippen LogP contribution in [0.15, 0.2) is 12.1 Å². The van der Waals surface area contributed by atoms with Gasteiger partial charge in [-0.1, -0.05) is 19.9 Å². The third kappa shape index (κ3) is 3.08. The summed E-state index contributed by atoms with van der Waals surface area (Å²) in [5.41, 5.74) is 2.68. The zero-order chi connectivity index (χ0) is 16.4. The predicted molar refractivity (Wildman–Crippen MR) is 84.4 cm³/mol. The molecule has 5 heteroatoms. The van der Waals surface area contributed by atoms with E-state index in [2.05, 4.69) is 0 Å². The molecule has 0 aliphatic carbocycles. The van der Waals surface area contributed by atoms with E-state index >= 15 is 0 Å². The van der Waals surface area contributed by atoms with Crippen molar-refractivity contribution in [1.82, 2.24) is 0 Å². The lowest BCUT2D eigenvalue weighted by molar-refractivity contribution is -0.136. The normalized spacial score (nSPS) is 18.6. The summed E-state index contributed by atoms with van der Waals surface area (Å²) in [5, 5.41) is 8.94. The number of nitrogens with zero attached hydrogens (tertiary/aromatic N) is 1. The van der Waals surface area contributed by atoms with E-state index in [1.165, 1.54) is 0 Å². The van der Waals surface area contributed by atoms with Crippen LogP contribution in [0.3, 0.4) is 0 Å². The van der Waals surface area contributed by atoms with Crippen LogP contribution in [0, 0.1) is 19.8 Å². The highest BCUT2D eigenvalue weighted by molar-refractivity contribution is 6.01. The monoisotopic (exact) mass is 305 g/mol. The Kier molecular flexibility index (Phi) is 4.74. The molecule has 2 atom stereocenters. The highest BCUT2D eigenvalue weighted by Crippen LogP contribution is 2.39. The van der Waals surface area contributed by atoms with Gasteiger partial charge in [-0.25, -0.2) is 0 Å². The Bertz CT molecular complexity index is 597. The zero-order valence-electron chi connectivity index (χ0n) is 13.5. The van der Waals surface area contributed by atoms with Gasteiger partial charge in [0.25, 0.3) is 5.91 Å². The van der Waals surface area contributed by atoms with Gasteiger partial charge in [0.05, 0.1) is 12.1 Å². The predicted octanol–water partition coefficient (Wildman–Crippen LogP) is 2.92. The fourth-order valence-corrected chi connectivity index (χ4v) is 2.75. The van der Waals surface area contributed by atoms with E-state index in [-0.39, 0.29) is 24.8 Å². The molecule has 1 aliphatic heterocycles. The lowest BCUT2D eigenvalue weighted by Crippen LogP contribution is -2.49. The molecule has 0 saturated carbocycles. The number of hydrogen-bond acceptors (Lipinski definition) is 3. The minimum absolute atomic E-state index is 0.0775. The average molecular weight is 305 g/mol. The highest BCUT2D eigenvalue weighted by Gasteiger charge is 2.38. The van der Waals surface area contributed by atoms with Gasteiger partial charge in [0.1, 0.15) is 5.75 Å². The second-order valence-electron chi connectivity index (χ2n) is 5.99. The Morgan fingerprint density at radius 1 is 1.41 bits per heavy atom. The summed E-state index contributed by atoms with van der Waals surface area (Å²) < 4.78 is 5.98. The first kappa shape index (κ1) is 16.3. The van der Waals surface area contributed by atoms with Crippen LogP contribution in [-0.4, -0.2) is 29.6 Å². The number of amides is 1. The van der Waals surface area contributed by atoms with Crippen LogP contribution in [0.25, 0.3) is 0 Å². The summed E-state index contributed by atoms with van der Waals surface area (Å²) in [6.07, 6.45) is 0.196. The van der Waals surface area contributed by atoms with E-state index in [1.807, 2.05) is 39.8 Å². The van der Waals surface area contributed by atoms with Crippen molar-refractivity contribution in [3.63, 3.8) is 0 Å². The van der Waals surface area contributed by atoms with Gasteiger partial charge in [0.15, 0.2) is 6.10 Å². The topological polar surface area (TPSA) is 66.8 Å². The van der Waals surface area contributed by atoms with Gasteiger partial charge in [-0.15, -0.1) is 0 Å². The number of ether oxygens (including phenoxy) is 1. The van der Waals surface area contributed by atoms with Gasteiger partial charge in [-0.2, -0.15) is 0 Å². The number of carbonyl (C=O) groups excluding carboxylic acids is 1. The number of carboxylic acids is 1. The van der Waals surface area contributed by atoms with Crippen molar-refractivity contribution in [2.24, 2.45) is 5.92 Å². The molecular weight excluding hydrogens is 282 g/mol. The van der Waals surface area contributed by atoms with Gasteiger partial charge >= 0.3 is 5.97 Å². The highest BCUT2D eigenvalue weighted by atomic mass is 16.5. The van der Waals surface area contributed by atoms with Crippen LogP contribution >= 0.6 is 0 Å². The van der Waals surface area contributed by atoms with Crippen molar-refractivity contribution in [3.05, 3.63) is 23.3 Å². The number of fused-ring (bicyclic) bond motifs is 1. The molecule has 1 amide bonds. The van der Waals surface area contributed by atoms with Gasteiger partial charge in [0, 0.05) is 12.5 Å². The van der Waals surface area contributed by atoms with E-state index in [1.54, 1.807) is 4.90 Å². The van der Waals surface area contributed by atoms with Crippen molar-refractivity contribution >= 4 is 17.6 Å². The van der Waals surface area contributed by atoms with Crippen LogP contribution in [0.1, 0.15) is 37.8 Å². The minimum atomic E-state index is -0.912. The Morgan fingerprint density at radius 2 is 2.09 bits per heavy atom. The first-order chi connectivity index (χ1) is 10.3. The maximum Gasteiger partial charge on any atom is 0.305 e. The van der Waals surface area contributed by atoms with Crippen molar-refractivity contribution in [3.8, 4) is 5.75 Å². The number of aliphatic carboxylic acids is 1. The van der Waals surface area contributed by atoms with Gasteiger partial charge in [-0.3, -0.25) is 9.59 Å². The Labute approximate surface area is 130 Å². The van der Waals surface area contributed by atoms with E-state index in [9.17, 15) is 9.59 Å². The summed E-state index contributed by atoms with van der Waals surface area (Å²) in [6, 6.07) is 3.90. The smallest absolute Gasteiger partial charge is 0.305 e. The number of benzene rings is 1. The Balaban J connectivity index is 2.45. The zero-order valence-corrected chi connectivity index (χ0v) is 13.5. The first-order valence-corrected chi connectivity index (χ1v) is 7.66. The maximum atomic E-state index is 12.7. The van der Waals surface area contributed by atoms with Crippen LogP contribution in [0.2, 0.25) is 0 Å². The van der Waals surface area contributed by atoms with Crippen LogP contribution in [0.5, 0.6) is 5.75 Å². The van der Waals surface area contributed by atoms with E-state index in [0.717, 1.165) is 17.5 Å². The van der Waals surface area contributed by atoms with Gasteiger partial charge < -0.3 is 14.7 Å². The fourth-order valence-electron chi connectivity index (χ4n) is 2.75. The summed E-state index contributed by atoms with van der Waals surface area (Å²) in [7, 11) is 0. The molecule has 1 aromatic carbocycles. The molecule has 1 aromatic rings. The molecule has 0 aromatic heterocycles. The van der Waals surface area contributed by atoms with Crippen molar-refractivity contribution < 1.29 is 19.4 Å². The van der Waals surface area contributed by atoms with Gasteiger partial charge in [-0.05, 0) is 37.5 Å². The molecule has 1 heterocycles. The number of rotatable bonds is 5. The second-order valence-corrected chi connectivity index (χ2v) is 5.99. The number of aryl methyl sites for hydroxylation is 2. The summed E-state index contributed by atoms with van der Waals surface area (Å²) in [5.74, 6) is -0.284. The Morgan fingerprint density at radius 3 is 2.68 bits per heavy atom. The SMILES string of the molecule is CC[C@H](C)C1Oc2c(C)cc(C)cc2N(CCC(=O)O)C1=O. The molecule has 0 saturated heterocycles. The molecule has 0 bridgehead atoms. The summed E-state index contributed by atoms with van der Waals surface area (Å²) in [6.45, 7) is 8.06. The van der Waals surface area contributed by atoms with Crippen LogP contribution in [0.4, 0.5) is 5.69 Å². The molecule has 1 unspecified atom stereocenters. The second kappa shape index (κ2) is 6.38. The third-order valence-corrected chi connectivity index (χ3v) is 4.15. The molecule has 2 rings (SSSR count). The number of carbonyl (C=O) groups is 2. The standard InChI is InChI=1S/C17H23NO4/c1-5-11(3)16-17(21)18(7-6-14(19)20)13-9-10(2)8-12(4)15(13)22-16/h8-9,11,16H,5-7H2,1-4H3,(H,19,20)/t11-,16?/m0/s1. The van der Waals surface area contributed by atoms with E-state index in [0.29, 0.717) is 11.4 Å². The Hall–Kier alpha value is -2.04. The lowest BCUT2D eigenvalue weighted by atomic mass is 9.97. The number of carboxylic acid groups (broad SMARTS) is 1. The third-order valence-electron chi connectivity index (χ3n) is 4.15. The molecule has 0 spiro atoms. The van der Waals surface area contributed by atoms with E-state index in [4.69, 9.17) is 9.84 Å². The molecule has 1 N–H and O–H groups in total. The summed E-state index contributed by atoms with van der Waals surface area (Å²) in [4.78, 5) is 25.2. The minimum Gasteiger partial charge on any atom is -0.481 e. The number of anilines is 1. The fraction of sp³-hybridized carbons (Fsp3) is 0.529. The first-order valence-electron chi connectivity index (χ1n) is 7.66. The molecule has 0 radical (unpaired) electrons. The largest absolute Gasteiger partial charge is 0.481 e. The maximum absolute atomic E-state index is 12.7. The average Bonchev–Trinajstić information content (AvgIpc) is 2.44. The van der Waals surface area contributed by atoms with Crippen LogP contribution < -0.4 is 9.64 Å². The quantitative estimate of drug-likeness (QED) is 0.908. The molecule has 120 valence electrons. The lowest BCUT2D eigenvalue weighted by Gasteiger charge is -2.37. The van der Waals surface area contributed by atoms with Crippen molar-refractivity contribution in [2.75, 3.05) is 11.4 Å². The van der Waals surface area contributed by atoms with Gasteiger partial charge in [0.2, 0.25) is 0 Å². The molecule has 22 heavy (non-hydrogen) atoms. The summed E-state index contributed by atoms with van der Waals surface area (Å²) >= 11 is 0. The molecular formula is C17H23NO4. The van der Waals surface area contributed by atoms with E-state index < -0.39 is 12.1 Å². The van der Waals surface area contributed by atoms with Crippen molar-refractivity contribution in [1.29, 1.82) is 0 Å². The molecule has 5 nitrogen and oxygen atoms in total. The molecule has 0 fully saturated rings. The number of hydrogen-bond donors (Lipinski definition) is 1.